The van der Waals surface area contributed by atoms with Crippen molar-refractivity contribution in [2.75, 3.05) is 27.9 Å². The van der Waals surface area contributed by atoms with Crippen LogP contribution in [0.2, 0.25) is 5.02 Å². The van der Waals surface area contributed by atoms with Crippen LogP contribution < -0.4 is 14.2 Å². The number of Topliss-reactive ketones (excluding diaryl/α,β-unsaturated/α-hetero) is 1. The van der Waals surface area contributed by atoms with Gasteiger partial charge in [0.15, 0.2) is 23.9 Å². The zero-order chi connectivity index (χ0) is 19.8. The summed E-state index contributed by atoms with van der Waals surface area (Å²) in [5.41, 5.74) is 1.17. The van der Waals surface area contributed by atoms with Gasteiger partial charge in [-0.05, 0) is 36.2 Å². The van der Waals surface area contributed by atoms with Gasteiger partial charge in [-0.1, -0.05) is 23.7 Å². The van der Waals surface area contributed by atoms with Gasteiger partial charge in [0, 0.05) is 12.0 Å². The van der Waals surface area contributed by atoms with Crippen LogP contribution in [0.5, 0.6) is 17.2 Å². The van der Waals surface area contributed by atoms with Crippen molar-refractivity contribution in [1.29, 1.82) is 0 Å². The quantitative estimate of drug-likeness (QED) is 0.478. The summed E-state index contributed by atoms with van der Waals surface area (Å²) < 4.78 is 20.7. The molecule has 0 heterocycles. The van der Waals surface area contributed by atoms with E-state index >= 15 is 0 Å². The lowest BCUT2D eigenvalue weighted by Crippen LogP contribution is -2.14. The molecule has 0 radical (unpaired) electrons. The van der Waals surface area contributed by atoms with Crippen LogP contribution in [0.3, 0.4) is 0 Å². The molecule has 0 atom stereocenters. The van der Waals surface area contributed by atoms with Crippen LogP contribution in [-0.4, -0.2) is 39.7 Å². The minimum Gasteiger partial charge on any atom is -0.495 e. The highest BCUT2D eigenvalue weighted by atomic mass is 35.5. The minimum atomic E-state index is -0.479. The Labute approximate surface area is 162 Å². The second-order valence-electron chi connectivity index (χ2n) is 5.59. The predicted octanol–water partition coefficient (Wildman–Crippen LogP) is 3.72. The number of methoxy groups -OCH3 is 3. The second kappa shape index (κ2) is 9.83. The Balaban J connectivity index is 1.90. The average Bonchev–Trinajstić information content (AvgIpc) is 2.69. The van der Waals surface area contributed by atoms with Crippen LogP contribution in [0.1, 0.15) is 22.3 Å². The van der Waals surface area contributed by atoms with Crippen molar-refractivity contribution >= 4 is 23.4 Å². The fourth-order valence-corrected chi connectivity index (χ4v) is 2.79. The largest absolute Gasteiger partial charge is 0.495 e. The first kappa shape index (κ1) is 20.6. The Morgan fingerprint density at radius 2 is 1.70 bits per heavy atom. The van der Waals surface area contributed by atoms with Gasteiger partial charge in [0.05, 0.1) is 26.4 Å². The second-order valence-corrected chi connectivity index (χ2v) is 5.99. The Morgan fingerprint density at radius 3 is 2.33 bits per heavy atom. The third-order valence-electron chi connectivity index (χ3n) is 3.92. The van der Waals surface area contributed by atoms with E-state index in [1.54, 1.807) is 32.4 Å². The maximum Gasteiger partial charge on any atom is 0.306 e. The summed E-state index contributed by atoms with van der Waals surface area (Å²) in [5, 5.41) is 0.319. The SMILES string of the molecule is COc1ccc(C(=O)COC(=O)CCc2cccc(OC)c2OC)cc1Cl. The number of hydrogen-bond acceptors (Lipinski definition) is 6. The van der Waals surface area contributed by atoms with Gasteiger partial charge in [-0.15, -0.1) is 0 Å². The van der Waals surface area contributed by atoms with E-state index in [-0.39, 0.29) is 18.8 Å². The van der Waals surface area contributed by atoms with Gasteiger partial charge in [0.25, 0.3) is 0 Å². The molecular weight excluding hydrogens is 372 g/mol. The Hall–Kier alpha value is -2.73. The molecule has 2 aromatic carbocycles. The molecule has 27 heavy (non-hydrogen) atoms. The van der Waals surface area contributed by atoms with E-state index in [0.29, 0.717) is 34.3 Å². The molecule has 0 saturated carbocycles. The number of rotatable bonds is 9. The fraction of sp³-hybridized carbons (Fsp3) is 0.300. The van der Waals surface area contributed by atoms with E-state index < -0.39 is 5.97 Å². The molecule has 0 amide bonds. The van der Waals surface area contributed by atoms with Gasteiger partial charge in [-0.25, -0.2) is 0 Å². The maximum absolute atomic E-state index is 12.1. The third-order valence-corrected chi connectivity index (χ3v) is 4.22. The number of carbonyl (C=O) groups is 2. The molecule has 0 N–H and O–H groups in total. The molecule has 2 aromatic rings. The molecule has 144 valence electrons. The number of esters is 1. The van der Waals surface area contributed by atoms with E-state index in [4.69, 9.17) is 30.5 Å². The average molecular weight is 393 g/mol. The van der Waals surface area contributed by atoms with Crippen LogP contribution in [0, 0.1) is 0 Å². The highest BCUT2D eigenvalue weighted by Gasteiger charge is 2.14. The van der Waals surface area contributed by atoms with Crippen molar-refractivity contribution in [3.8, 4) is 17.2 Å². The minimum absolute atomic E-state index is 0.111. The van der Waals surface area contributed by atoms with Crippen LogP contribution in [-0.2, 0) is 16.0 Å². The smallest absolute Gasteiger partial charge is 0.306 e. The Bertz CT molecular complexity index is 818. The molecule has 2 rings (SSSR count). The molecular formula is C20H21ClO6. The van der Waals surface area contributed by atoms with E-state index in [2.05, 4.69) is 0 Å². The number of carbonyl (C=O) groups excluding carboxylic acids is 2. The van der Waals surface area contributed by atoms with Gasteiger partial charge in [-0.3, -0.25) is 9.59 Å². The number of hydrogen-bond donors (Lipinski definition) is 0. The Kier molecular flexibility index (Phi) is 7.49. The lowest BCUT2D eigenvalue weighted by molar-refractivity contribution is -0.142. The van der Waals surface area contributed by atoms with Crippen LogP contribution in [0.25, 0.3) is 0 Å². The fourth-order valence-electron chi connectivity index (χ4n) is 2.53. The molecule has 0 unspecified atom stereocenters. The van der Waals surface area contributed by atoms with Crippen LogP contribution >= 0.6 is 11.6 Å². The van der Waals surface area contributed by atoms with Crippen LogP contribution in [0.15, 0.2) is 36.4 Å². The number of benzene rings is 2. The van der Waals surface area contributed by atoms with Crippen molar-refractivity contribution in [3.63, 3.8) is 0 Å². The first-order chi connectivity index (χ1) is 13.0. The number of halogens is 1. The molecule has 6 nitrogen and oxygen atoms in total. The number of para-hydroxylation sites is 1. The summed E-state index contributed by atoms with van der Waals surface area (Å²) in [6.45, 7) is -0.350. The van der Waals surface area contributed by atoms with Crippen molar-refractivity contribution in [2.45, 2.75) is 12.8 Å². The summed E-state index contributed by atoms with van der Waals surface area (Å²) in [7, 11) is 4.58. The van der Waals surface area contributed by atoms with E-state index in [1.807, 2.05) is 12.1 Å². The molecule has 0 aliphatic heterocycles. The molecule has 0 spiro atoms. The molecule has 7 heteroatoms. The van der Waals surface area contributed by atoms with Gasteiger partial charge in [0.1, 0.15) is 5.75 Å². The lowest BCUT2D eigenvalue weighted by Gasteiger charge is -2.12. The maximum atomic E-state index is 12.1. The van der Waals surface area contributed by atoms with Crippen LogP contribution in [0.4, 0.5) is 0 Å². The summed E-state index contributed by atoms with van der Waals surface area (Å²) in [4.78, 5) is 24.1. The lowest BCUT2D eigenvalue weighted by atomic mass is 10.1. The standard InChI is InChI=1S/C20H21ClO6/c1-24-17-9-7-14(11-15(17)21)16(22)12-27-19(23)10-8-13-5-4-6-18(25-2)20(13)26-3/h4-7,9,11H,8,10,12H2,1-3H3. The number of ketones is 1. The number of aryl methyl sites for hydroxylation is 1. The predicted molar refractivity (Wildman–Crippen MR) is 101 cm³/mol. The van der Waals surface area contributed by atoms with Crippen molar-refractivity contribution in [2.24, 2.45) is 0 Å². The van der Waals surface area contributed by atoms with Crippen molar-refractivity contribution < 1.29 is 28.5 Å². The molecule has 0 saturated heterocycles. The summed E-state index contributed by atoms with van der Waals surface area (Å²) >= 11 is 6.00. The van der Waals surface area contributed by atoms with Gasteiger partial charge in [-0.2, -0.15) is 0 Å². The zero-order valence-corrected chi connectivity index (χ0v) is 16.2. The van der Waals surface area contributed by atoms with Gasteiger partial charge >= 0.3 is 5.97 Å². The van der Waals surface area contributed by atoms with Gasteiger partial charge in [0.2, 0.25) is 0 Å². The van der Waals surface area contributed by atoms with E-state index in [9.17, 15) is 9.59 Å². The van der Waals surface area contributed by atoms with E-state index in [0.717, 1.165) is 5.56 Å². The summed E-state index contributed by atoms with van der Waals surface area (Å²) in [6, 6.07) is 10.1. The monoisotopic (exact) mass is 392 g/mol. The highest BCUT2D eigenvalue weighted by Crippen LogP contribution is 2.31. The normalized spacial score (nSPS) is 10.2. The van der Waals surface area contributed by atoms with Gasteiger partial charge < -0.3 is 18.9 Å². The molecule has 0 aromatic heterocycles. The number of ether oxygens (including phenoxy) is 4. The molecule has 0 bridgehead atoms. The topological polar surface area (TPSA) is 71.1 Å². The highest BCUT2D eigenvalue weighted by molar-refractivity contribution is 6.32. The van der Waals surface area contributed by atoms with Crippen molar-refractivity contribution in [1.82, 2.24) is 0 Å². The first-order valence-electron chi connectivity index (χ1n) is 8.22. The first-order valence-corrected chi connectivity index (χ1v) is 8.60. The zero-order valence-electron chi connectivity index (χ0n) is 15.4. The molecule has 0 aliphatic carbocycles. The van der Waals surface area contributed by atoms with E-state index in [1.165, 1.54) is 13.2 Å². The Morgan fingerprint density at radius 1 is 0.963 bits per heavy atom. The summed E-state index contributed by atoms with van der Waals surface area (Å²) in [5.74, 6) is 0.823. The summed E-state index contributed by atoms with van der Waals surface area (Å²) in [6.07, 6.45) is 0.516. The third kappa shape index (κ3) is 5.37. The molecule has 0 aliphatic rings. The molecule has 0 fully saturated rings. The van der Waals surface area contributed by atoms with Crippen molar-refractivity contribution in [3.05, 3.63) is 52.5 Å².